The molecule has 2 aromatic carbocycles. The number of aryl methyl sites for hydroxylation is 5. The van der Waals surface area contributed by atoms with Gasteiger partial charge >= 0.3 is 17.1 Å². The van der Waals surface area contributed by atoms with Crippen LogP contribution in [0.1, 0.15) is 47.2 Å². The van der Waals surface area contributed by atoms with Crippen molar-refractivity contribution < 1.29 is 41.9 Å². The maximum Gasteiger partial charge on any atom is 3.00 e. The zero-order valence-electron chi connectivity index (χ0n) is 19.9. The van der Waals surface area contributed by atoms with E-state index in [-0.39, 0.29) is 41.9 Å². The van der Waals surface area contributed by atoms with E-state index < -0.39 is 0 Å². The second-order valence-electron chi connectivity index (χ2n) is 7.43. The maximum atomic E-state index is 4.70. The molecule has 0 saturated carbocycles. The van der Waals surface area contributed by atoms with Crippen LogP contribution in [0.25, 0.3) is 0 Å². The summed E-state index contributed by atoms with van der Waals surface area (Å²) in [6, 6.07) is 12.4. The number of rotatable bonds is 3. The molecule has 0 unspecified atom stereocenters. The Morgan fingerprint density at radius 2 is 1.39 bits per heavy atom. The van der Waals surface area contributed by atoms with Gasteiger partial charge in [0.15, 0.2) is 0 Å². The van der Waals surface area contributed by atoms with Gasteiger partial charge in [0.05, 0.1) is 5.69 Å². The zero-order valence-corrected chi connectivity index (χ0v) is 24.1. The van der Waals surface area contributed by atoms with Gasteiger partial charge in [-0.3, -0.25) is 9.98 Å². The van der Waals surface area contributed by atoms with E-state index >= 15 is 0 Å². The van der Waals surface area contributed by atoms with Crippen molar-refractivity contribution in [2.24, 2.45) is 9.98 Å². The van der Waals surface area contributed by atoms with Gasteiger partial charge < -0.3 is 29.8 Å². The number of benzene rings is 2. The fourth-order valence-electron chi connectivity index (χ4n) is 3.32. The van der Waals surface area contributed by atoms with Crippen LogP contribution in [0.3, 0.4) is 0 Å². The Morgan fingerprint density at radius 1 is 0.879 bits per heavy atom. The van der Waals surface area contributed by atoms with Crippen molar-refractivity contribution in [3.63, 3.8) is 0 Å². The topological polar surface area (TPSA) is 37.6 Å². The molecule has 0 spiro atoms. The first-order chi connectivity index (χ1) is 14.2. The number of pyridine rings is 1. The molecule has 0 fully saturated rings. The third-order valence-corrected chi connectivity index (χ3v) is 5.22. The predicted molar refractivity (Wildman–Crippen MR) is 133 cm³/mol. The first kappa shape index (κ1) is 33.7. The van der Waals surface area contributed by atoms with E-state index in [1.54, 1.807) is 6.20 Å². The Hall–Kier alpha value is -1.49. The van der Waals surface area contributed by atoms with E-state index in [4.69, 9.17) is 4.99 Å². The molecule has 0 saturated heterocycles. The average molecular weight is 590 g/mol. The third-order valence-electron chi connectivity index (χ3n) is 4.62. The van der Waals surface area contributed by atoms with Crippen molar-refractivity contribution in [2.75, 3.05) is 0 Å². The molecule has 0 aliphatic heterocycles. The summed E-state index contributed by atoms with van der Waals surface area (Å²) in [7, 11) is 0. The number of hydrogen-bond acceptors (Lipinski definition) is 3. The van der Waals surface area contributed by atoms with Crippen LogP contribution in [0, 0.1) is 34.6 Å². The first-order valence-corrected chi connectivity index (χ1v) is 10.7. The first-order valence-electron chi connectivity index (χ1n) is 9.90. The van der Waals surface area contributed by atoms with E-state index in [1.165, 1.54) is 27.8 Å². The molecule has 3 nitrogen and oxygen atoms in total. The van der Waals surface area contributed by atoms with E-state index in [1.807, 2.05) is 32.2 Å². The number of nitrogens with zero attached hydrogens (tertiary/aromatic N) is 3. The minimum atomic E-state index is 0. The summed E-state index contributed by atoms with van der Waals surface area (Å²) in [4.78, 5) is 13.0. The van der Waals surface area contributed by atoms with Crippen LogP contribution in [0.2, 0.25) is 0 Å². The second kappa shape index (κ2) is 16.2. The van der Waals surface area contributed by atoms with Crippen molar-refractivity contribution in [3.8, 4) is 0 Å². The summed E-state index contributed by atoms with van der Waals surface area (Å²) in [6.07, 6.45) is 6.41. The minimum Gasteiger partial charge on any atom is -1.00 e. The van der Waals surface area contributed by atoms with E-state index in [2.05, 4.69) is 91.0 Å². The third kappa shape index (κ3) is 10.1. The van der Waals surface area contributed by atoms with Crippen LogP contribution in [-0.4, -0.2) is 16.9 Å². The number of aromatic nitrogens is 1. The van der Waals surface area contributed by atoms with Crippen molar-refractivity contribution in [3.05, 3.63) is 86.6 Å². The van der Waals surface area contributed by atoms with E-state index in [9.17, 15) is 0 Å². The van der Waals surface area contributed by atoms with Gasteiger partial charge in [-0.25, -0.2) is 0 Å². The molecule has 1 heterocycles. The summed E-state index contributed by atoms with van der Waals surface area (Å²) in [6.45, 7) is 14.2. The predicted octanol–water partition coefficient (Wildman–Crippen LogP) is 1.82. The second-order valence-corrected chi connectivity index (χ2v) is 8.29. The SMILES string of the molecule is CC(=Nc1c(C)cc(C)cc1Br)c1cccnc1.C[C-]=Nc1c(C)cc(C)cc1C.[Cl-].[Cl-].[Fe+3]. The van der Waals surface area contributed by atoms with Crippen LogP contribution < -0.4 is 24.8 Å². The Morgan fingerprint density at radius 3 is 1.85 bits per heavy atom. The summed E-state index contributed by atoms with van der Waals surface area (Å²) in [5.41, 5.74) is 10.2. The van der Waals surface area contributed by atoms with Gasteiger partial charge in [0, 0.05) is 28.1 Å². The summed E-state index contributed by atoms with van der Waals surface area (Å²) >= 11 is 3.58. The molecular formula is C26H29BrCl2FeN3. The summed E-state index contributed by atoms with van der Waals surface area (Å²) in [5, 5.41) is 0. The van der Waals surface area contributed by atoms with Gasteiger partial charge in [-0.15, -0.1) is 18.1 Å². The fraction of sp³-hybridized carbons (Fsp3) is 0.269. The van der Waals surface area contributed by atoms with Gasteiger partial charge in [0.25, 0.3) is 0 Å². The molecule has 177 valence electrons. The molecule has 0 N–H and O–H groups in total. The van der Waals surface area contributed by atoms with Crippen LogP contribution in [0.15, 0.2) is 63.2 Å². The average Bonchev–Trinajstić information content (AvgIpc) is 2.68. The molecule has 0 aliphatic carbocycles. The molecule has 1 aromatic heterocycles. The number of hydrogen-bond donors (Lipinski definition) is 0. The fourth-order valence-corrected chi connectivity index (χ4v) is 4.08. The van der Waals surface area contributed by atoms with Gasteiger partial charge in [0.1, 0.15) is 0 Å². The van der Waals surface area contributed by atoms with Crippen molar-refractivity contribution in [2.45, 2.75) is 48.5 Å². The molecular weight excluding hydrogens is 561 g/mol. The maximum absolute atomic E-state index is 4.70. The molecule has 0 atom stereocenters. The molecule has 0 amide bonds. The Labute approximate surface area is 230 Å². The molecule has 0 aliphatic rings. The molecule has 33 heavy (non-hydrogen) atoms. The van der Waals surface area contributed by atoms with E-state index in [0.29, 0.717) is 0 Å². The molecule has 3 rings (SSSR count). The monoisotopic (exact) mass is 588 g/mol. The van der Waals surface area contributed by atoms with Gasteiger partial charge in [0.2, 0.25) is 0 Å². The normalized spacial score (nSPS) is 10.4. The molecule has 3 aromatic rings. The van der Waals surface area contributed by atoms with Gasteiger partial charge in [-0.05, 0) is 66.9 Å². The standard InChI is InChI=1S/C15H15BrN2.C11H14N.2ClH.Fe/c1-10-7-11(2)15(14(16)8-10)18-12(3)13-5-4-6-17-9-13;1-5-12-11-9(3)6-8(2)7-10(11)4;;;/h4-9H,1-3H3;6-7H,1-4H3;2*1H;/q;-1;;;+3/p-2. The van der Waals surface area contributed by atoms with Crippen LogP contribution in [-0.2, 0) is 17.1 Å². The Balaban J connectivity index is 0. The zero-order chi connectivity index (χ0) is 22.3. The van der Waals surface area contributed by atoms with Crippen molar-refractivity contribution >= 4 is 39.2 Å². The minimum absolute atomic E-state index is 0. The van der Waals surface area contributed by atoms with Crippen LogP contribution in [0.5, 0.6) is 0 Å². The van der Waals surface area contributed by atoms with Gasteiger partial charge in [-0.1, -0.05) is 49.4 Å². The number of aliphatic imine (C=N–C) groups is 2. The molecule has 0 bridgehead atoms. The summed E-state index contributed by atoms with van der Waals surface area (Å²) < 4.78 is 1.03. The molecule has 7 heteroatoms. The quantitative estimate of drug-likeness (QED) is 0.261. The summed E-state index contributed by atoms with van der Waals surface area (Å²) in [5.74, 6) is 0. The van der Waals surface area contributed by atoms with Crippen LogP contribution in [0.4, 0.5) is 11.4 Å². The van der Waals surface area contributed by atoms with Crippen molar-refractivity contribution in [1.82, 2.24) is 4.98 Å². The Kier molecular flexibility index (Phi) is 16.5. The van der Waals surface area contributed by atoms with Crippen molar-refractivity contribution in [1.29, 1.82) is 0 Å². The largest absolute Gasteiger partial charge is 3.00 e. The van der Waals surface area contributed by atoms with E-state index in [0.717, 1.165) is 27.1 Å². The molecule has 1 radical (unpaired) electrons. The van der Waals surface area contributed by atoms with Crippen LogP contribution >= 0.6 is 15.9 Å². The Bertz CT molecular complexity index is 1040. The smallest absolute Gasteiger partial charge is 1.00 e. The number of halogens is 3. The van der Waals surface area contributed by atoms with Gasteiger partial charge in [-0.2, -0.15) is 6.21 Å².